The molecule has 28 heavy (non-hydrogen) atoms. The van der Waals surface area contributed by atoms with Gasteiger partial charge in [0.1, 0.15) is 5.75 Å². The molecule has 0 amide bonds. The minimum Gasteiger partial charge on any atom is -0.497 e. The topological polar surface area (TPSA) is 95.9 Å². The van der Waals surface area contributed by atoms with Crippen LogP contribution in [-0.2, 0) is 16.4 Å². The van der Waals surface area contributed by atoms with Crippen LogP contribution in [0.15, 0.2) is 47.4 Å². The highest BCUT2D eigenvalue weighted by Crippen LogP contribution is 2.27. The first-order valence-electron chi connectivity index (χ1n) is 9.15. The van der Waals surface area contributed by atoms with Crippen molar-refractivity contribution in [2.24, 2.45) is 0 Å². The molecule has 7 nitrogen and oxygen atoms in total. The van der Waals surface area contributed by atoms with Gasteiger partial charge in [-0.05, 0) is 55.2 Å². The summed E-state index contributed by atoms with van der Waals surface area (Å²) in [5.41, 5.74) is 1.56. The van der Waals surface area contributed by atoms with Gasteiger partial charge < -0.3 is 14.7 Å². The van der Waals surface area contributed by atoms with Crippen LogP contribution in [0.4, 0.5) is 5.69 Å². The lowest BCUT2D eigenvalue weighted by atomic mass is 10.1. The van der Waals surface area contributed by atoms with Gasteiger partial charge in [-0.3, -0.25) is 0 Å². The maximum atomic E-state index is 12.6. The van der Waals surface area contributed by atoms with Gasteiger partial charge in [-0.1, -0.05) is 12.1 Å². The molecule has 1 heterocycles. The normalized spacial score (nSPS) is 14.2. The van der Waals surface area contributed by atoms with Crippen LogP contribution in [0.1, 0.15) is 28.8 Å². The van der Waals surface area contributed by atoms with E-state index in [0.717, 1.165) is 37.2 Å². The number of ether oxygens (including phenoxy) is 1. The zero-order valence-electron chi connectivity index (χ0n) is 15.7. The van der Waals surface area contributed by atoms with E-state index in [1.165, 1.54) is 12.1 Å². The average Bonchev–Trinajstić information content (AvgIpc) is 3.22. The molecule has 1 fully saturated rings. The fourth-order valence-electron chi connectivity index (χ4n) is 3.29. The van der Waals surface area contributed by atoms with Crippen LogP contribution in [0.2, 0.25) is 0 Å². The number of aromatic carboxylic acids is 1. The second-order valence-electron chi connectivity index (χ2n) is 6.67. The maximum Gasteiger partial charge on any atom is 0.337 e. The third kappa shape index (κ3) is 4.63. The lowest BCUT2D eigenvalue weighted by molar-refractivity contribution is 0.0697. The van der Waals surface area contributed by atoms with Crippen molar-refractivity contribution in [2.45, 2.75) is 24.2 Å². The lowest BCUT2D eigenvalue weighted by Crippen LogP contribution is -2.27. The summed E-state index contributed by atoms with van der Waals surface area (Å²) < 4.78 is 32.8. The molecule has 150 valence electrons. The van der Waals surface area contributed by atoms with Crippen LogP contribution in [-0.4, -0.2) is 46.2 Å². The molecular weight excluding hydrogens is 380 g/mol. The first kappa shape index (κ1) is 20.2. The van der Waals surface area contributed by atoms with Crippen molar-refractivity contribution in [3.8, 4) is 5.75 Å². The fourth-order valence-corrected chi connectivity index (χ4v) is 4.35. The Bertz CT molecular complexity index is 936. The fraction of sp³-hybridized carbons (Fsp3) is 0.350. The Morgan fingerprint density at radius 1 is 1.14 bits per heavy atom. The van der Waals surface area contributed by atoms with Gasteiger partial charge in [0.15, 0.2) is 0 Å². The molecule has 1 saturated heterocycles. The second-order valence-corrected chi connectivity index (χ2v) is 8.44. The van der Waals surface area contributed by atoms with Gasteiger partial charge in [-0.25, -0.2) is 17.9 Å². The zero-order chi connectivity index (χ0) is 20.1. The first-order valence-corrected chi connectivity index (χ1v) is 10.6. The Morgan fingerprint density at radius 3 is 2.43 bits per heavy atom. The van der Waals surface area contributed by atoms with Crippen LogP contribution in [0, 0.1) is 0 Å². The molecule has 0 aromatic heterocycles. The number of hydrogen-bond donors (Lipinski definition) is 2. The molecule has 0 radical (unpaired) electrons. The van der Waals surface area contributed by atoms with Crippen LogP contribution in [0.5, 0.6) is 5.75 Å². The van der Waals surface area contributed by atoms with Gasteiger partial charge in [-0.2, -0.15) is 0 Å². The smallest absolute Gasteiger partial charge is 0.337 e. The minimum atomic E-state index is -3.80. The Hall–Kier alpha value is -2.58. The van der Waals surface area contributed by atoms with Crippen molar-refractivity contribution in [1.82, 2.24) is 4.72 Å². The van der Waals surface area contributed by atoms with E-state index >= 15 is 0 Å². The number of carboxylic acids is 1. The largest absolute Gasteiger partial charge is 0.497 e. The molecular formula is C20H24N2O5S. The van der Waals surface area contributed by atoms with E-state index in [4.69, 9.17) is 4.74 Å². The van der Waals surface area contributed by atoms with Crippen molar-refractivity contribution in [1.29, 1.82) is 0 Å². The molecule has 3 rings (SSSR count). The molecule has 0 unspecified atom stereocenters. The number of methoxy groups -OCH3 is 1. The molecule has 2 aromatic rings. The summed E-state index contributed by atoms with van der Waals surface area (Å²) in [5.74, 6) is -0.388. The molecule has 0 aliphatic carbocycles. The Balaban J connectivity index is 1.71. The van der Waals surface area contributed by atoms with E-state index in [1.807, 2.05) is 29.2 Å². The van der Waals surface area contributed by atoms with Gasteiger partial charge in [0, 0.05) is 19.6 Å². The van der Waals surface area contributed by atoms with Crippen molar-refractivity contribution in [3.05, 3.63) is 53.6 Å². The van der Waals surface area contributed by atoms with Gasteiger partial charge in [0.05, 0.1) is 23.3 Å². The summed E-state index contributed by atoms with van der Waals surface area (Å²) in [6.07, 6.45) is 2.53. The highest BCUT2D eigenvalue weighted by Gasteiger charge is 2.23. The predicted octanol–water partition coefficient (Wildman–Crippen LogP) is 2.51. The van der Waals surface area contributed by atoms with E-state index in [-0.39, 0.29) is 17.0 Å². The molecule has 1 aliphatic heterocycles. The Kier molecular flexibility index (Phi) is 6.21. The maximum absolute atomic E-state index is 12.6. The standard InChI is InChI=1S/C20H24N2O5S/c1-27-16-6-4-15(5-7-16)10-11-21-28(25,26)17-8-9-19(18(14-17)20(23)24)22-12-2-3-13-22/h4-9,14,21H,2-3,10-13H2,1H3,(H,23,24). The molecule has 1 aliphatic rings. The van der Waals surface area contributed by atoms with Crippen LogP contribution in [0.25, 0.3) is 0 Å². The molecule has 2 N–H and O–H groups in total. The van der Waals surface area contributed by atoms with Crippen molar-refractivity contribution in [3.63, 3.8) is 0 Å². The first-order chi connectivity index (χ1) is 13.4. The van der Waals surface area contributed by atoms with Gasteiger partial charge in [0.25, 0.3) is 0 Å². The third-order valence-corrected chi connectivity index (χ3v) is 6.28. The molecule has 2 aromatic carbocycles. The number of nitrogens with zero attached hydrogens (tertiary/aromatic N) is 1. The highest BCUT2D eigenvalue weighted by atomic mass is 32.2. The number of rotatable bonds is 8. The number of carboxylic acid groups (broad SMARTS) is 1. The van der Waals surface area contributed by atoms with Crippen LogP contribution >= 0.6 is 0 Å². The van der Waals surface area contributed by atoms with E-state index < -0.39 is 16.0 Å². The lowest BCUT2D eigenvalue weighted by Gasteiger charge is -2.20. The van der Waals surface area contributed by atoms with Crippen molar-refractivity contribution < 1.29 is 23.1 Å². The van der Waals surface area contributed by atoms with Crippen LogP contribution in [0.3, 0.4) is 0 Å². The summed E-state index contributed by atoms with van der Waals surface area (Å²) in [5, 5.41) is 9.53. The van der Waals surface area contributed by atoms with Crippen molar-refractivity contribution >= 4 is 21.7 Å². The molecule has 0 atom stereocenters. The Labute approximate surface area is 165 Å². The summed E-state index contributed by atoms with van der Waals surface area (Å²) in [4.78, 5) is 13.6. The summed E-state index contributed by atoms with van der Waals surface area (Å²) in [6, 6.07) is 11.7. The number of hydrogen-bond acceptors (Lipinski definition) is 5. The zero-order valence-corrected chi connectivity index (χ0v) is 16.5. The van der Waals surface area contributed by atoms with Gasteiger partial charge >= 0.3 is 5.97 Å². The second kappa shape index (κ2) is 8.62. The van der Waals surface area contributed by atoms with Gasteiger partial charge in [0.2, 0.25) is 10.0 Å². The van der Waals surface area contributed by atoms with E-state index in [1.54, 1.807) is 13.2 Å². The van der Waals surface area contributed by atoms with E-state index in [0.29, 0.717) is 12.1 Å². The summed E-state index contributed by atoms with van der Waals surface area (Å²) in [6.45, 7) is 1.78. The quantitative estimate of drug-likeness (QED) is 0.702. The SMILES string of the molecule is COc1ccc(CCNS(=O)(=O)c2ccc(N3CCCC3)c(C(=O)O)c2)cc1. The highest BCUT2D eigenvalue weighted by molar-refractivity contribution is 7.89. The average molecular weight is 404 g/mol. The van der Waals surface area contributed by atoms with E-state index in [2.05, 4.69) is 4.72 Å². The number of benzene rings is 2. The van der Waals surface area contributed by atoms with Gasteiger partial charge in [-0.15, -0.1) is 0 Å². The predicted molar refractivity (Wildman–Crippen MR) is 107 cm³/mol. The number of anilines is 1. The molecule has 0 saturated carbocycles. The minimum absolute atomic E-state index is 0.0138. The third-order valence-electron chi connectivity index (χ3n) is 4.82. The van der Waals surface area contributed by atoms with E-state index in [9.17, 15) is 18.3 Å². The van der Waals surface area contributed by atoms with Crippen molar-refractivity contribution in [2.75, 3.05) is 31.6 Å². The number of carbonyl (C=O) groups is 1. The molecule has 0 spiro atoms. The number of nitrogens with one attached hydrogen (secondary N) is 1. The summed E-state index contributed by atoms with van der Waals surface area (Å²) in [7, 11) is -2.21. The van der Waals surface area contributed by atoms with Crippen LogP contribution < -0.4 is 14.4 Å². The monoisotopic (exact) mass is 404 g/mol. The number of sulfonamides is 1. The summed E-state index contributed by atoms with van der Waals surface area (Å²) >= 11 is 0. The molecule has 8 heteroatoms. The Morgan fingerprint density at radius 2 is 1.82 bits per heavy atom. The molecule has 0 bridgehead atoms.